The van der Waals surface area contributed by atoms with Crippen LogP contribution in [0, 0.1) is 0 Å². The third kappa shape index (κ3) is 3.01. The number of fused-ring (bicyclic) bond motifs is 3. The molecule has 8 nitrogen and oxygen atoms in total. The molecule has 4 rings (SSSR count). The molecule has 1 aliphatic rings. The maximum absolute atomic E-state index is 12.7. The second kappa shape index (κ2) is 6.75. The van der Waals surface area contributed by atoms with E-state index in [-0.39, 0.29) is 12.3 Å². The number of hydrogen-bond donors (Lipinski definition) is 1. The van der Waals surface area contributed by atoms with Crippen LogP contribution in [0.25, 0.3) is 11.0 Å². The Bertz CT molecular complexity index is 980. The SMILES string of the molecule is CCOC(=O)Nc1nc(CC(=O)N2CCn3c2nc2ccccc23)cs1. The van der Waals surface area contributed by atoms with E-state index in [4.69, 9.17) is 4.74 Å². The molecule has 0 aliphatic carbocycles. The minimum atomic E-state index is -0.548. The molecule has 0 saturated carbocycles. The summed E-state index contributed by atoms with van der Waals surface area (Å²) in [7, 11) is 0. The normalized spacial score (nSPS) is 13.0. The number of ether oxygens (including phenoxy) is 1. The highest BCUT2D eigenvalue weighted by atomic mass is 32.1. The largest absolute Gasteiger partial charge is 0.450 e. The maximum Gasteiger partial charge on any atom is 0.413 e. The average molecular weight is 371 g/mol. The summed E-state index contributed by atoms with van der Waals surface area (Å²) in [5, 5.41) is 4.72. The molecule has 0 atom stereocenters. The van der Waals surface area contributed by atoms with Crippen molar-refractivity contribution in [3.05, 3.63) is 35.3 Å². The molecule has 3 heterocycles. The van der Waals surface area contributed by atoms with E-state index in [1.54, 1.807) is 17.2 Å². The van der Waals surface area contributed by atoms with E-state index in [0.717, 1.165) is 17.6 Å². The van der Waals surface area contributed by atoms with Gasteiger partial charge >= 0.3 is 6.09 Å². The average Bonchev–Trinajstić information content (AvgIpc) is 3.30. The van der Waals surface area contributed by atoms with E-state index >= 15 is 0 Å². The minimum Gasteiger partial charge on any atom is -0.450 e. The number of anilines is 2. The van der Waals surface area contributed by atoms with Crippen LogP contribution < -0.4 is 10.2 Å². The Morgan fingerprint density at radius 2 is 2.12 bits per heavy atom. The van der Waals surface area contributed by atoms with Crippen LogP contribution in [0.2, 0.25) is 0 Å². The molecule has 0 bridgehead atoms. The Morgan fingerprint density at radius 3 is 2.96 bits per heavy atom. The molecule has 3 aromatic rings. The number of para-hydroxylation sites is 2. The highest BCUT2D eigenvalue weighted by molar-refractivity contribution is 7.13. The first-order valence-electron chi connectivity index (χ1n) is 8.29. The van der Waals surface area contributed by atoms with Crippen LogP contribution in [0.3, 0.4) is 0 Å². The predicted molar refractivity (Wildman–Crippen MR) is 98.5 cm³/mol. The number of aromatic nitrogens is 3. The molecule has 0 fully saturated rings. The van der Waals surface area contributed by atoms with Gasteiger partial charge in [-0.3, -0.25) is 15.0 Å². The molecule has 2 amide bonds. The molecule has 2 aromatic heterocycles. The van der Waals surface area contributed by atoms with Gasteiger partial charge in [0.25, 0.3) is 0 Å². The minimum absolute atomic E-state index is 0.0629. The number of rotatable bonds is 4. The summed E-state index contributed by atoms with van der Waals surface area (Å²) in [6, 6.07) is 7.85. The van der Waals surface area contributed by atoms with Crippen molar-refractivity contribution >= 4 is 45.5 Å². The van der Waals surface area contributed by atoms with Crippen molar-refractivity contribution in [2.75, 3.05) is 23.4 Å². The van der Waals surface area contributed by atoms with Crippen LogP contribution >= 0.6 is 11.3 Å². The Balaban J connectivity index is 1.47. The molecule has 0 saturated heterocycles. The number of hydrogen-bond acceptors (Lipinski definition) is 6. The lowest BCUT2D eigenvalue weighted by atomic mass is 10.3. The zero-order valence-corrected chi connectivity index (χ0v) is 15.0. The number of thiazole rings is 1. The summed E-state index contributed by atoms with van der Waals surface area (Å²) in [6.45, 7) is 3.35. The summed E-state index contributed by atoms with van der Waals surface area (Å²) < 4.78 is 6.87. The van der Waals surface area contributed by atoms with E-state index in [0.29, 0.717) is 29.9 Å². The molecular weight excluding hydrogens is 354 g/mol. The van der Waals surface area contributed by atoms with Crippen LogP contribution in [0.15, 0.2) is 29.6 Å². The molecule has 26 heavy (non-hydrogen) atoms. The van der Waals surface area contributed by atoms with Crippen molar-refractivity contribution in [1.29, 1.82) is 0 Å². The molecule has 1 N–H and O–H groups in total. The molecule has 1 aliphatic heterocycles. The number of nitrogens with zero attached hydrogens (tertiary/aromatic N) is 4. The van der Waals surface area contributed by atoms with E-state index in [2.05, 4.69) is 19.9 Å². The molecule has 134 valence electrons. The highest BCUT2D eigenvalue weighted by Crippen LogP contribution is 2.27. The van der Waals surface area contributed by atoms with Gasteiger partial charge in [0.05, 0.1) is 29.8 Å². The fourth-order valence-corrected chi connectivity index (χ4v) is 3.67. The van der Waals surface area contributed by atoms with Crippen molar-refractivity contribution < 1.29 is 14.3 Å². The van der Waals surface area contributed by atoms with Gasteiger partial charge in [-0.15, -0.1) is 11.3 Å². The van der Waals surface area contributed by atoms with Gasteiger partial charge < -0.3 is 9.30 Å². The highest BCUT2D eigenvalue weighted by Gasteiger charge is 2.28. The number of carbonyl (C=O) groups excluding carboxylic acids is 2. The first kappa shape index (κ1) is 16.5. The van der Waals surface area contributed by atoms with Gasteiger partial charge in [0, 0.05) is 18.5 Å². The number of benzene rings is 1. The summed E-state index contributed by atoms with van der Waals surface area (Å²) in [5.74, 6) is 0.614. The third-order valence-corrected chi connectivity index (χ3v) is 4.90. The van der Waals surface area contributed by atoms with Crippen molar-refractivity contribution in [1.82, 2.24) is 14.5 Å². The van der Waals surface area contributed by atoms with Crippen molar-refractivity contribution in [2.45, 2.75) is 19.9 Å². The van der Waals surface area contributed by atoms with Crippen molar-refractivity contribution in [3.63, 3.8) is 0 Å². The van der Waals surface area contributed by atoms with E-state index in [9.17, 15) is 9.59 Å². The lowest BCUT2D eigenvalue weighted by molar-refractivity contribution is -0.117. The fraction of sp³-hybridized carbons (Fsp3) is 0.294. The molecule has 9 heteroatoms. The maximum atomic E-state index is 12.7. The van der Waals surface area contributed by atoms with Crippen molar-refractivity contribution in [2.24, 2.45) is 0 Å². The molecule has 0 spiro atoms. The molecule has 1 aromatic carbocycles. The van der Waals surface area contributed by atoms with Gasteiger partial charge in [-0.05, 0) is 19.1 Å². The topological polar surface area (TPSA) is 89.3 Å². The Hall–Kier alpha value is -2.94. The Labute approximate surface area is 153 Å². The predicted octanol–water partition coefficient (Wildman–Crippen LogP) is 2.65. The summed E-state index contributed by atoms with van der Waals surface area (Å²) in [6.07, 6.45) is -0.391. The first-order chi connectivity index (χ1) is 12.7. The molecule has 0 unspecified atom stereocenters. The van der Waals surface area contributed by atoms with Gasteiger partial charge in [0.15, 0.2) is 5.13 Å². The number of imidazole rings is 1. The van der Waals surface area contributed by atoms with Crippen LogP contribution in [0.5, 0.6) is 0 Å². The van der Waals surface area contributed by atoms with Crippen LogP contribution in [0.4, 0.5) is 15.9 Å². The second-order valence-electron chi connectivity index (χ2n) is 5.76. The molecular formula is C17H17N5O3S. The van der Waals surface area contributed by atoms with Crippen LogP contribution in [0.1, 0.15) is 12.6 Å². The van der Waals surface area contributed by atoms with Crippen LogP contribution in [-0.4, -0.2) is 39.7 Å². The van der Waals surface area contributed by atoms with Gasteiger partial charge in [-0.2, -0.15) is 0 Å². The first-order valence-corrected chi connectivity index (χ1v) is 9.17. The lowest BCUT2D eigenvalue weighted by Crippen LogP contribution is -2.31. The number of carbonyl (C=O) groups is 2. The lowest BCUT2D eigenvalue weighted by Gasteiger charge is -2.12. The Morgan fingerprint density at radius 1 is 1.27 bits per heavy atom. The van der Waals surface area contributed by atoms with E-state index in [1.165, 1.54) is 11.3 Å². The van der Waals surface area contributed by atoms with Crippen molar-refractivity contribution in [3.8, 4) is 0 Å². The third-order valence-electron chi connectivity index (χ3n) is 4.09. The zero-order valence-electron chi connectivity index (χ0n) is 14.1. The monoisotopic (exact) mass is 371 g/mol. The number of nitrogens with one attached hydrogen (secondary N) is 1. The standard InChI is InChI=1S/C17H17N5O3S/c1-2-25-17(24)20-15-18-11(10-26-15)9-14(23)22-8-7-21-13-6-4-3-5-12(13)19-16(21)22/h3-6,10H,2,7-9H2,1H3,(H,18,20,24). The smallest absolute Gasteiger partial charge is 0.413 e. The van der Waals surface area contributed by atoms with Gasteiger partial charge in [0.2, 0.25) is 11.9 Å². The van der Waals surface area contributed by atoms with Gasteiger partial charge in [-0.25, -0.2) is 14.8 Å². The summed E-state index contributed by atoms with van der Waals surface area (Å²) >= 11 is 1.26. The number of amides is 2. The fourth-order valence-electron chi connectivity index (χ4n) is 2.98. The second-order valence-corrected chi connectivity index (χ2v) is 6.62. The molecule has 0 radical (unpaired) electrons. The Kier molecular flexibility index (Phi) is 4.29. The van der Waals surface area contributed by atoms with E-state index in [1.807, 2.05) is 24.3 Å². The quantitative estimate of drug-likeness (QED) is 0.761. The van der Waals surface area contributed by atoms with Crippen LogP contribution in [-0.2, 0) is 22.5 Å². The van der Waals surface area contributed by atoms with Gasteiger partial charge in [-0.1, -0.05) is 12.1 Å². The van der Waals surface area contributed by atoms with E-state index < -0.39 is 6.09 Å². The van der Waals surface area contributed by atoms with Gasteiger partial charge in [0.1, 0.15) is 0 Å². The zero-order chi connectivity index (χ0) is 18.1. The summed E-state index contributed by atoms with van der Waals surface area (Å²) in [5.41, 5.74) is 2.53. The summed E-state index contributed by atoms with van der Waals surface area (Å²) in [4.78, 5) is 34.7.